The topological polar surface area (TPSA) is 3.24 Å². The minimum Gasteiger partial charge on any atom is -0.309 e. The van der Waals surface area contributed by atoms with Crippen molar-refractivity contribution in [3.63, 3.8) is 0 Å². The molecule has 1 fully saturated rings. The second-order valence-electron chi connectivity index (χ2n) is 5.32. The van der Waals surface area contributed by atoms with E-state index in [1.54, 1.807) is 5.56 Å². The SMILES string of the molecule is CN(C)CC1CCCCC1c1ccccc1. The van der Waals surface area contributed by atoms with Crippen molar-refractivity contribution in [2.45, 2.75) is 31.6 Å². The highest BCUT2D eigenvalue weighted by atomic mass is 15.1. The molecule has 88 valence electrons. The predicted octanol–water partition coefficient (Wildman–Crippen LogP) is 3.52. The van der Waals surface area contributed by atoms with Gasteiger partial charge in [-0.25, -0.2) is 0 Å². The third-order valence-electron chi connectivity index (χ3n) is 3.74. The maximum Gasteiger partial charge on any atom is 0.000941 e. The Morgan fingerprint density at radius 3 is 2.44 bits per heavy atom. The third kappa shape index (κ3) is 2.85. The van der Waals surface area contributed by atoms with Gasteiger partial charge in [-0.3, -0.25) is 0 Å². The molecule has 0 spiro atoms. The molecule has 0 saturated heterocycles. The first-order valence-electron chi connectivity index (χ1n) is 6.47. The zero-order chi connectivity index (χ0) is 11.4. The van der Waals surface area contributed by atoms with Crippen LogP contribution in [0.5, 0.6) is 0 Å². The lowest BCUT2D eigenvalue weighted by Gasteiger charge is -2.33. The lowest BCUT2D eigenvalue weighted by atomic mass is 9.75. The predicted molar refractivity (Wildman–Crippen MR) is 69.7 cm³/mol. The molecule has 2 unspecified atom stereocenters. The largest absolute Gasteiger partial charge is 0.309 e. The van der Waals surface area contributed by atoms with Gasteiger partial charge in [-0.2, -0.15) is 0 Å². The van der Waals surface area contributed by atoms with Crippen LogP contribution in [0.25, 0.3) is 0 Å². The van der Waals surface area contributed by atoms with Gasteiger partial charge in [-0.05, 0) is 44.3 Å². The molecule has 0 radical (unpaired) electrons. The van der Waals surface area contributed by atoms with Crippen LogP contribution in [0.1, 0.15) is 37.2 Å². The Morgan fingerprint density at radius 1 is 1.06 bits per heavy atom. The van der Waals surface area contributed by atoms with Gasteiger partial charge in [-0.15, -0.1) is 0 Å². The highest BCUT2D eigenvalue weighted by Gasteiger charge is 2.26. The van der Waals surface area contributed by atoms with E-state index < -0.39 is 0 Å². The fourth-order valence-corrected chi connectivity index (χ4v) is 3.03. The van der Waals surface area contributed by atoms with Crippen molar-refractivity contribution < 1.29 is 0 Å². The van der Waals surface area contributed by atoms with Crippen LogP contribution >= 0.6 is 0 Å². The van der Waals surface area contributed by atoms with Gasteiger partial charge in [-0.1, -0.05) is 43.2 Å². The summed E-state index contributed by atoms with van der Waals surface area (Å²) < 4.78 is 0. The van der Waals surface area contributed by atoms with E-state index in [0.717, 1.165) is 11.8 Å². The Morgan fingerprint density at radius 2 is 1.75 bits per heavy atom. The van der Waals surface area contributed by atoms with E-state index in [4.69, 9.17) is 0 Å². The summed E-state index contributed by atoms with van der Waals surface area (Å²) in [6.07, 6.45) is 5.60. The molecular weight excluding hydrogens is 194 g/mol. The van der Waals surface area contributed by atoms with Crippen molar-refractivity contribution in [3.8, 4) is 0 Å². The van der Waals surface area contributed by atoms with E-state index in [9.17, 15) is 0 Å². The van der Waals surface area contributed by atoms with Crippen LogP contribution in [0.15, 0.2) is 30.3 Å². The van der Waals surface area contributed by atoms with Gasteiger partial charge in [0, 0.05) is 6.54 Å². The Kier molecular flexibility index (Phi) is 4.00. The van der Waals surface area contributed by atoms with E-state index in [-0.39, 0.29) is 0 Å². The maximum atomic E-state index is 2.34. The molecule has 1 aliphatic carbocycles. The van der Waals surface area contributed by atoms with Crippen molar-refractivity contribution in [1.82, 2.24) is 4.90 Å². The monoisotopic (exact) mass is 217 g/mol. The number of rotatable bonds is 3. The molecule has 0 heterocycles. The fraction of sp³-hybridized carbons (Fsp3) is 0.600. The second kappa shape index (κ2) is 5.49. The Bertz CT molecular complexity index is 304. The first-order chi connectivity index (χ1) is 7.77. The number of hydrogen-bond donors (Lipinski definition) is 0. The van der Waals surface area contributed by atoms with Crippen molar-refractivity contribution in [2.24, 2.45) is 5.92 Å². The van der Waals surface area contributed by atoms with Crippen molar-refractivity contribution in [2.75, 3.05) is 20.6 Å². The van der Waals surface area contributed by atoms with Crippen LogP contribution in [0.3, 0.4) is 0 Å². The quantitative estimate of drug-likeness (QED) is 0.748. The molecule has 1 heteroatoms. The van der Waals surface area contributed by atoms with Gasteiger partial charge in [0.25, 0.3) is 0 Å². The van der Waals surface area contributed by atoms with Crippen LogP contribution in [-0.4, -0.2) is 25.5 Å². The fourth-order valence-electron chi connectivity index (χ4n) is 3.03. The molecule has 1 saturated carbocycles. The number of hydrogen-bond acceptors (Lipinski definition) is 1. The normalized spacial score (nSPS) is 25.9. The van der Waals surface area contributed by atoms with Crippen LogP contribution in [-0.2, 0) is 0 Å². The van der Waals surface area contributed by atoms with E-state index in [1.807, 2.05) is 0 Å². The standard InChI is InChI=1S/C15H23N/c1-16(2)12-14-10-6-7-11-15(14)13-8-4-3-5-9-13/h3-5,8-9,14-15H,6-7,10-12H2,1-2H3. The van der Waals surface area contributed by atoms with E-state index in [1.165, 1.54) is 32.2 Å². The minimum atomic E-state index is 0.789. The van der Waals surface area contributed by atoms with E-state index in [2.05, 4.69) is 49.3 Å². The first kappa shape index (κ1) is 11.7. The molecule has 0 amide bonds. The summed E-state index contributed by atoms with van der Waals surface area (Å²) >= 11 is 0. The molecule has 1 aromatic rings. The molecule has 0 N–H and O–H groups in total. The highest BCUT2D eigenvalue weighted by Crippen LogP contribution is 2.37. The van der Waals surface area contributed by atoms with Gasteiger partial charge in [0.15, 0.2) is 0 Å². The molecule has 2 rings (SSSR count). The summed E-state index contributed by atoms with van der Waals surface area (Å²) in [6, 6.07) is 11.1. The van der Waals surface area contributed by atoms with E-state index >= 15 is 0 Å². The summed E-state index contributed by atoms with van der Waals surface area (Å²) in [5.41, 5.74) is 1.55. The van der Waals surface area contributed by atoms with E-state index in [0.29, 0.717) is 0 Å². The first-order valence-corrected chi connectivity index (χ1v) is 6.47. The zero-order valence-corrected chi connectivity index (χ0v) is 10.5. The molecule has 1 aliphatic rings. The Labute approximate surface area is 99.5 Å². The molecule has 0 aliphatic heterocycles. The summed E-state index contributed by atoms with van der Waals surface area (Å²) in [7, 11) is 4.38. The van der Waals surface area contributed by atoms with Gasteiger partial charge < -0.3 is 4.90 Å². The molecule has 16 heavy (non-hydrogen) atoms. The summed E-state index contributed by atoms with van der Waals surface area (Å²) in [4.78, 5) is 2.34. The molecule has 0 bridgehead atoms. The van der Waals surface area contributed by atoms with Gasteiger partial charge >= 0.3 is 0 Å². The zero-order valence-electron chi connectivity index (χ0n) is 10.5. The minimum absolute atomic E-state index is 0.789. The Hall–Kier alpha value is -0.820. The van der Waals surface area contributed by atoms with Crippen molar-refractivity contribution in [1.29, 1.82) is 0 Å². The Balaban J connectivity index is 2.10. The van der Waals surface area contributed by atoms with Crippen LogP contribution < -0.4 is 0 Å². The average molecular weight is 217 g/mol. The molecule has 0 aromatic heterocycles. The van der Waals surface area contributed by atoms with Crippen LogP contribution in [0.2, 0.25) is 0 Å². The molecular formula is C15H23N. The number of benzene rings is 1. The summed E-state index contributed by atoms with van der Waals surface area (Å²) in [6.45, 7) is 1.24. The van der Waals surface area contributed by atoms with Gasteiger partial charge in [0.05, 0.1) is 0 Å². The van der Waals surface area contributed by atoms with Gasteiger partial charge in [0.2, 0.25) is 0 Å². The summed E-state index contributed by atoms with van der Waals surface area (Å²) in [5, 5.41) is 0. The molecule has 1 aromatic carbocycles. The lowest BCUT2D eigenvalue weighted by Crippen LogP contribution is -2.28. The van der Waals surface area contributed by atoms with Crippen molar-refractivity contribution in [3.05, 3.63) is 35.9 Å². The molecule has 2 atom stereocenters. The smallest absolute Gasteiger partial charge is 0.000941 e. The number of nitrogens with zero attached hydrogens (tertiary/aromatic N) is 1. The lowest BCUT2D eigenvalue weighted by molar-refractivity contribution is 0.233. The van der Waals surface area contributed by atoms with Crippen LogP contribution in [0, 0.1) is 5.92 Å². The summed E-state index contributed by atoms with van der Waals surface area (Å²) in [5.74, 6) is 1.64. The third-order valence-corrected chi connectivity index (χ3v) is 3.74. The van der Waals surface area contributed by atoms with Crippen molar-refractivity contribution >= 4 is 0 Å². The second-order valence-corrected chi connectivity index (χ2v) is 5.32. The maximum absolute atomic E-state index is 2.34. The highest BCUT2D eigenvalue weighted by molar-refractivity contribution is 5.21. The average Bonchev–Trinajstić information content (AvgIpc) is 2.30. The van der Waals surface area contributed by atoms with Gasteiger partial charge in [0.1, 0.15) is 0 Å². The molecule has 1 nitrogen and oxygen atoms in total. The van der Waals surface area contributed by atoms with Crippen LogP contribution in [0.4, 0.5) is 0 Å².